The predicted molar refractivity (Wildman–Crippen MR) is 55.2 cm³/mol. The van der Waals surface area contributed by atoms with Crippen LogP contribution >= 0.6 is 0 Å². The lowest BCUT2D eigenvalue weighted by molar-refractivity contribution is 0.409. The first-order valence-corrected chi connectivity index (χ1v) is 4.91. The molecule has 0 saturated carbocycles. The summed E-state index contributed by atoms with van der Waals surface area (Å²) in [6, 6.07) is -0.467. The molecule has 0 amide bonds. The van der Waals surface area contributed by atoms with Crippen LogP contribution in [-0.2, 0) is 0 Å². The summed E-state index contributed by atoms with van der Waals surface area (Å²) in [7, 11) is 0. The Balaban J connectivity index is 3.09. The minimum Gasteiger partial charge on any atom is -0.376 e. The number of aromatic nitrogens is 1. The van der Waals surface area contributed by atoms with Crippen molar-refractivity contribution in [2.75, 3.05) is 5.32 Å². The smallest absolute Gasteiger partial charge is 0.253 e. The van der Waals surface area contributed by atoms with Crippen LogP contribution in [-0.4, -0.2) is 11.0 Å². The SMILES string of the molecule is C#CCC(CC)Nc1c(F)c(F)nc(F)c1F. The highest BCUT2D eigenvalue weighted by atomic mass is 19.2. The molecule has 0 aromatic carbocycles. The molecule has 0 aliphatic heterocycles. The zero-order valence-electron chi connectivity index (χ0n) is 9.03. The Kier molecular flexibility index (Phi) is 4.32. The van der Waals surface area contributed by atoms with Crippen molar-refractivity contribution in [3.8, 4) is 12.3 Å². The van der Waals surface area contributed by atoms with Crippen molar-refractivity contribution in [3.05, 3.63) is 23.5 Å². The summed E-state index contributed by atoms with van der Waals surface area (Å²) >= 11 is 0. The van der Waals surface area contributed by atoms with Crippen LogP contribution in [0.4, 0.5) is 23.2 Å². The van der Waals surface area contributed by atoms with Gasteiger partial charge in [-0.15, -0.1) is 12.3 Å². The Bertz CT molecular complexity index is 428. The van der Waals surface area contributed by atoms with Crippen molar-refractivity contribution in [2.24, 2.45) is 0 Å². The van der Waals surface area contributed by atoms with Crippen molar-refractivity contribution >= 4 is 5.69 Å². The first-order chi connectivity index (χ1) is 8.01. The van der Waals surface area contributed by atoms with Crippen molar-refractivity contribution < 1.29 is 17.6 Å². The van der Waals surface area contributed by atoms with Crippen molar-refractivity contribution in [2.45, 2.75) is 25.8 Å². The van der Waals surface area contributed by atoms with E-state index in [1.54, 1.807) is 6.92 Å². The highest BCUT2D eigenvalue weighted by Crippen LogP contribution is 2.23. The largest absolute Gasteiger partial charge is 0.376 e. The van der Waals surface area contributed by atoms with Gasteiger partial charge in [0, 0.05) is 12.5 Å². The number of rotatable bonds is 4. The minimum atomic E-state index is -1.69. The van der Waals surface area contributed by atoms with Crippen molar-refractivity contribution in [1.29, 1.82) is 0 Å². The quantitative estimate of drug-likeness (QED) is 0.502. The van der Waals surface area contributed by atoms with Crippen LogP contribution in [0.15, 0.2) is 0 Å². The number of nitrogens with zero attached hydrogens (tertiary/aromatic N) is 1. The van der Waals surface area contributed by atoms with E-state index in [1.165, 1.54) is 0 Å². The first kappa shape index (κ1) is 13.3. The summed E-state index contributed by atoms with van der Waals surface area (Å²) < 4.78 is 52.0. The summed E-state index contributed by atoms with van der Waals surface area (Å²) in [6.07, 6.45) is 5.69. The second kappa shape index (κ2) is 5.53. The average molecular weight is 246 g/mol. The topological polar surface area (TPSA) is 24.9 Å². The molecule has 0 saturated heterocycles. The standard InChI is InChI=1S/C11H10F4N2/c1-3-5-6(4-2)16-9-7(12)10(14)17-11(15)8(9)13/h1,6H,4-5H2,2H3,(H,16,17). The highest BCUT2D eigenvalue weighted by Gasteiger charge is 2.22. The van der Waals surface area contributed by atoms with Gasteiger partial charge in [-0.3, -0.25) is 0 Å². The van der Waals surface area contributed by atoms with E-state index >= 15 is 0 Å². The number of anilines is 1. The monoisotopic (exact) mass is 246 g/mol. The number of terminal acetylenes is 1. The van der Waals surface area contributed by atoms with Crippen molar-refractivity contribution in [1.82, 2.24) is 4.98 Å². The highest BCUT2D eigenvalue weighted by molar-refractivity contribution is 5.46. The molecule has 0 fully saturated rings. The van der Waals surface area contributed by atoms with Gasteiger partial charge in [0.25, 0.3) is 11.9 Å². The molecule has 0 radical (unpaired) electrons. The van der Waals surface area contributed by atoms with Crippen LogP contribution < -0.4 is 5.32 Å². The van der Waals surface area contributed by atoms with Crippen molar-refractivity contribution in [3.63, 3.8) is 0 Å². The molecule has 0 aliphatic rings. The third kappa shape index (κ3) is 2.87. The summed E-state index contributed by atoms with van der Waals surface area (Å²) in [5.74, 6) is -4.20. The van der Waals surface area contributed by atoms with Crippen LogP contribution in [0, 0.1) is 35.9 Å². The summed E-state index contributed by atoms with van der Waals surface area (Å²) in [4.78, 5) is 2.45. The second-order valence-corrected chi connectivity index (χ2v) is 3.35. The Hall–Kier alpha value is -1.77. The van der Waals surface area contributed by atoms with Crippen LogP contribution in [0.3, 0.4) is 0 Å². The van der Waals surface area contributed by atoms with Gasteiger partial charge in [-0.1, -0.05) is 6.92 Å². The van der Waals surface area contributed by atoms with Crippen LogP contribution in [0.1, 0.15) is 19.8 Å². The first-order valence-electron chi connectivity index (χ1n) is 4.91. The molecule has 0 aliphatic carbocycles. The van der Waals surface area contributed by atoms with Crippen LogP contribution in [0.5, 0.6) is 0 Å². The zero-order valence-corrected chi connectivity index (χ0v) is 9.03. The van der Waals surface area contributed by atoms with Gasteiger partial charge >= 0.3 is 0 Å². The van der Waals surface area contributed by atoms with E-state index in [0.29, 0.717) is 6.42 Å². The molecule has 1 heterocycles. The molecule has 1 atom stereocenters. The fourth-order valence-corrected chi connectivity index (χ4v) is 1.26. The molecule has 0 spiro atoms. The second-order valence-electron chi connectivity index (χ2n) is 3.35. The van der Waals surface area contributed by atoms with E-state index in [2.05, 4.69) is 16.2 Å². The molecule has 1 aromatic heterocycles. The molecule has 1 aromatic rings. The Morgan fingerprint density at radius 2 is 1.76 bits per heavy atom. The van der Waals surface area contributed by atoms with Gasteiger partial charge in [0.1, 0.15) is 5.69 Å². The zero-order chi connectivity index (χ0) is 13.0. The van der Waals surface area contributed by atoms with Gasteiger partial charge in [0.05, 0.1) is 0 Å². The van der Waals surface area contributed by atoms with Crippen LogP contribution in [0.25, 0.3) is 0 Å². The van der Waals surface area contributed by atoms with E-state index in [-0.39, 0.29) is 6.42 Å². The van der Waals surface area contributed by atoms with E-state index in [9.17, 15) is 17.6 Å². The molecule has 1 unspecified atom stereocenters. The lowest BCUT2D eigenvalue weighted by Crippen LogP contribution is -2.21. The van der Waals surface area contributed by atoms with Gasteiger partial charge < -0.3 is 5.32 Å². The molecule has 0 bridgehead atoms. The number of pyridine rings is 1. The Morgan fingerprint density at radius 3 is 2.18 bits per heavy atom. The maximum atomic E-state index is 13.2. The summed E-state index contributed by atoms with van der Waals surface area (Å²) in [5.41, 5.74) is -0.878. The maximum absolute atomic E-state index is 13.2. The summed E-state index contributed by atoms with van der Waals surface area (Å²) in [6.45, 7) is 1.72. The van der Waals surface area contributed by atoms with E-state index < -0.39 is 35.3 Å². The summed E-state index contributed by atoms with van der Waals surface area (Å²) in [5, 5.41) is 2.34. The molecular formula is C11H10F4N2. The number of hydrogen-bond donors (Lipinski definition) is 1. The third-order valence-electron chi connectivity index (χ3n) is 2.20. The lowest BCUT2D eigenvalue weighted by Gasteiger charge is -2.16. The fraction of sp³-hybridized carbons (Fsp3) is 0.364. The Morgan fingerprint density at radius 1 is 1.24 bits per heavy atom. The molecule has 17 heavy (non-hydrogen) atoms. The minimum absolute atomic E-state index is 0.181. The predicted octanol–water partition coefficient (Wildman–Crippen LogP) is 2.85. The Labute approximate surface area is 96.1 Å². The number of hydrogen-bond acceptors (Lipinski definition) is 2. The molecular weight excluding hydrogens is 236 g/mol. The van der Waals surface area contributed by atoms with Gasteiger partial charge in [-0.2, -0.15) is 22.5 Å². The van der Waals surface area contributed by atoms with Gasteiger partial charge in [-0.05, 0) is 6.42 Å². The molecule has 1 N–H and O–H groups in total. The molecule has 2 nitrogen and oxygen atoms in total. The van der Waals surface area contributed by atoms with E-state index in [4.69, 9.17) is 6.42 Å². The average Bonchev–Trinajstić information content (AvgIpc) is 2.30. The fourth-order valence-electron chi connectivity index (χ4n) is 1.26. The normalized spacial score (nSPS) is 12.0. The number of nitrogens with one attached hydrogen (secondary N) is 1. The van der Waals surface area contributed by atoms with Crippen LogP contribution in [0.2, 0.25) is 0 Å². The molecule has 6 heteroatoms. The molecule has 92 valence electrons. The lowest BCUT2D eigenvalue weighted by atomic mass is 10.1. The third-order valence-corrected chi connectivity index (χ3v) is 2.20. The maximum Gasteiger partial charge on any atom is 0.253 e. The van der Waals surface area contributed by atoms with E-state index in [1.807, 2.05) is 0 Å². The van der Waals surface area contributed by atoms with Gasteiger partial charge in [0.2, 0.25) is 11.6 Å². The van der Waals surface area contributed by atoms with Gasteiger partial charge in [0.15, 0.2) is 0 Å². The van der Waals surface area contributed by atoms with E-state index in [0.717, 1.165) is 0 Å². The number of halogens is 4. The molecule has 1 rings (SSSR count). The van der Waals surface area contributed by atoms with Gasteiger partial charge in [-0.25, -0.2) is 0 Å².